The van der Waals surface area contributed by atoms with Crippen LogP contribution in [0.25, 0.3) is 22.0 Å². The molecule has 1 aliphatic rings. The summed E-state index contributed by atoms with van der Waals surface area (Å²) < 4.78 is 11.0. The highest BCUT2D eigenvalue weighted by Crippen LogP contribution is 2.38. The Labute approximate surface area is 207 Å². The first kappa shape index (κ1) is 22.7. The number of carbonyl (C=O) groups is 2. The van der Waals surface area contributed by atoms with Gasteiger partial charge in [-0.1, -0.05) is 36.4 Å². The number of nitrogens with zero attached hydrogens (tertiary/aromatic N) is 3. The molecule has 0 radical (unpaired) electrons. The second-order valence-corrected chi connectivity index (χ2v) is 9.25. The molecule has 8 heteroatoms. The highest BCUT2D eigenvalue weighted by Gasteiger charge is 2.29. The monoisotopic (exact) mass is 485 g/mol. The van der Waals surface area contributed by atoms with Crippen molar-refractivity contribution in [2.75, 3.05) is 24.7 Å². The zero-order chi connectivity index (χ0) is 24.2. The van der Waals surface area contributed by atoms with Crippen molar-refractivity contribution in [2.45, 2.75) is 13.3 Å². The van der Waals surface area contributed by atoms with Gasteiger partial charge in [0, 0.05) is 23.1 Å². The molecule has 0 saturated carbocycles. The number of esters is 1. The SMILES string of the molecule is Cc1sc(-c2ccccn2)nc1-c1ccc2c(c1)N(CC(=O)OCCc1ccccc1)C(=O)CO2. The molecule has 2 aromatic carbocycles. The van der Waals surface area contributed by atoms with E-state index >= 15 is 0 Å². The van der Waals surface area contributed by atoms with Crippen molar-refractivity contribution in [3.63, 3.8) is 0 Å². The third-order valence-corrected chi connectivity index (χ3v) is 6.63. The van der Waals surface area contributed by atoms with E-state index in [1.54, 1.807) is 17.5 Å². The molecule has 0 bridgehead atoms. The summed E-state index contributed by atoms with van der Waals surface area (Å²) >= 11 is 1.56. The molecule has 0 saturated heterocycles. The fraction of sp³-hybridized carbons (Fsp3) is 0.185. The van der Waals surface area contributed by atoms with Crippen molar-refractivity contribution in [1.82, 2.24) is 9.97 Å². The van der Waals surface area contributed by atoms with E-state index in [-0.39, 0.29) is 25.7 Å². The molecule has 0 fully saturated rings. The molecule has 4 aromatic rings. The number of aromatic nitrogens is 2. The summed E-state index contributed by atoms with van der Waals surface area (Å²) in [6.07, 6.45) is 2.36. The molecule has 35 heavy (non-hydrogen) atoms. The van der Waals surface area contributed by atoms with Gasteiger partial charge in [0.1, 0.15) is 17.3 Å². The molecule has 3 heterocycles. The Morgan fingerprint density at radius 2 is 1.94 bits per heavy atom. The van der Waals surface area contributed by atoms with Gasteiger partial charge >= 0.3 is 5.97 Å². The average Bonchev–Trinajstić information content (AvgIpc) is 3.28. The Morgan fingerprint density at radius 1 is 1.11 bits per heavy atom. The summed E-state index contributed by atoms with van der Waals surface area (Å²) in [6.45, 7) is 1.96. The lowest BCUT2D eigenvalue weighted by Crippen LogP contribution is -2.42. The lowest BCUT2D eigenvalue weighted by molar-refractivity contribution is -0.143. The molecule has 0 spiro atoms. The van der Waals surface area contributed by atoms with Crippen LogP contribution in [0.5, 0.6) is 5.75 Å². The van der Waals surface area contributed by atoms with Gasteiger partial charge in [-0.05, 0) is 42.8 Å². The third-order valence-electron chi connectivity index (χ3n) is 5.64. The van der Waals surface area contributed by atoms with E-state index in [1.807, 2.05) is 73.7 Å². The highest BCUT2D eigenvalue weighted by atomic mass is 32.1. The molecule has 5 rings (SSSR count). The predicted molar refractivity (Wildman–Crippen MR) is 134 cm³/mol. The van der Waals surface area contributed by atoms with Crippen LogP contribution in [0.2, 0.25) is 0 Å². The summed E-state index contributed by atoms with van der Waals surface area (Å²) in [5.74, 6) is -0.211. The maximum atomic E-state index is 12.7. The van der Waals surface area contributed by atoms with Crippen LogP contribution < -0.4 is 9.64 Å². The molecule has 0 atom stereocenters. The minimum Gasteiger partial charge on any atom is -0.482 e. The predicted octanol–water partition coefficient (Wildman–Crippen LogP) is 4.69. The molecule has 0 unspecified atom stereocenters. The van der Waals surface area contributed by atoms with Crippen LogP contribution in [-0.2, 0) is 20.7 Å². The van der Waals surface area contributed by atoms with Gasteiger partial charge in [-0.25, -0.2) is 4.98 Å². The van der Waals surface area contributed by atoms with Crippen LogP contribution in [-0.4, -0.2) is 41.6 Å². The Bertz CT molecular complexity index is 1360. The summed E-state index contributed by atoms with van der Waals surface area (Å²) in [7, 11) is 0. The van der Waals surface area contributed by atoms with Gasteiger partial charge in [-0.15, -0.1) is 11.3 Å². The van der Waals surface area contributed by atoms with Crippen LogP contribution in [0.1, 0.15) is 10.4 Å². The first-order chi connectivity index (χ1) is 17.1. The quantitative estimate of drug-likeness (QED) is 0.353. The van der Waals surface area contributed by atoms with Crippen molar-refractivity contribution in [3.05, 3.63) is 83.4 Å². The lowest BCUT2D eigenvalue weighted by atomic mass is 10.1. The molecular formula is C27H23N3O4S. The standard InChI is InChI=1S/C27H23N3O4S/c1-18-26(29-27(35-18)21-9-5-6-13-28-21)20-10-11-23-22(15-20)30(24(31)17-34-23)16-25(32)33-14-12-19-7-3-2-4-8-19/h2-11,13,15H,12,14,16-17H2,1H3. The minimum absolute atomic E-state index is 0.122. The Balaban J connectivity index is 1.34. The zero-order valence-electron chi connectivity index (χ0n) is 19.1. The fourth-order valence-electron chi connectivity index (χ4n) is 3.89. The highest BCUT2D eigenvalue weighted by molar-refractivity contribution is 7.15. The molecule has 7 nitrogen and oxygen atoms in total. The lowest BCUT2D eigenvalue weighted by Gasteiger charge is -2.29. The number of pyridine rings is 1. The number of hydrogen-bond donors (Lipinski definition) is 0. The number of rotatable bonds is 7. The number of thiazole rings is 1. The number of benzene rings is 2. The molecule has 0 aliphatic carbocycles. The largest absolute Gasteiger partial charge is 0.482 e. The molecule has 1 amide bonds. The van der Waals surface area contributed by atoms with E-state index in [2.05, 4.69) is 4.98 Å². The van der Waals surface area contributed by atoms with Crippen molar-refractivity contribution in [3.8, 4) is 27.7 Å². The Morgan fingerprint density at radius 3 is 2.74 bits per heavy atom. The van der Waals surface area contributed by atoms with Crippen LogP contribution in [0.3, 0.4) is 0 Å². The number of carbonyl (C=O) groups excluding carboxylic acids is 2. The van der Waals surface area contributed by atoms with Gasteiger partial charge in [0.05, 0.1) is 23.7 Å². The Hall–Kier alpha value is -4.04. The van der Waals surface area contributed by atoms with Gasteiger partial charge in [0.25, 0.3) is 5.91 Å². The van der Waals surface area contributed by atoms with E-state index in [1.165, 1.54) is 4.90 Å². The number of aryl methyl sites for hydroxylation is 1. The number of fused-ring (bicyclic) bond motifs is 1. The van der Waals surface area contributed by atoms with Crippen molar-refractivity contribution >= 4 is 28.9 Å². The van der Waals surface area contributed by atoms with E-state index in [9.17, 15) is 9.59 Å². The maximum absolute atomic E-state index is 12.7. The summed E-state index contributed by atoms with van der Waals surface area (Å²) in [6, 6.07) is 21.1. The van der Waals surface area contributed by atoms with Crippen molar-refractivity contribution < 1.29 is 19.1 Å². The first-order valence-corrected chi connectivity index (χ1v) is 12.1. The van der Waals surface area contributed by atoms with Crippen LogP contribution in [0.4, 0.5) is 5.69 Å². The van der Waals surface area contributed by atoms with E-state index in [0.717, 1.165) is 32.4 Å². The van der Waals surface area contributed by atoms with E-state index in [0.29, 0.717) is 17.9 Å². The summed E-state index contributed by atoms with van der Waals surface area (Å²) in [4.78, 5) is 36.9. The fourth-order valence-corrected chi connectivity index (χ4v) is 4.80. The second-order valence-electron chi connectivity index (χ2n) is 8.05. The maximum Gasteiger partial charge on any atom is 0.326 e. The smallest absolute Gasteiger partial charge is 0.326 e. The topological polar surface area (TPSA) is 81.6 Å². The van der Waals surface area contributed by atoms with Gasteiger partial charge in [-0.3, -0.25) is 19.5 Å². The second kappa shape index (κ2) is 10.1. The Kier molecular flexibility index (Phi) is 6.54. The minimum atomic E-state index is -0.463. The van der Waals surface area contributed by atoms with Crippen LogP contribution >= 0.6 is 11.3 Å². The summed E-state index contributed by atoms with van der Waals surface area (Å²) in [5, 5.41) is 0.821. The molecule has 0 N–H and O–H groups in total. The average molecular weight is 486 g/mol. The van der Waals surface area contributed by atoms with Crippen molar-refractivity contribution in [2.24, 2.45) is 0 Å². The van der Waals surface area contributed by atoms with Gasteiger partial charge in [0.2, 0.25) is 0 Å². The summed E-state index contributed by atoms with van der Waals surface area (Å²) in [5.41, 5.74) is 4.07. The number of anilines is 1. The van der Waals surface area contributed by atoms with Crippen LogP contribution in [0, 0.1) is 6.92 Å². The van der Waals surface area contributed by atoms with Crippen LogP contribution in [0.15, 0.2) is 72.9 Å². The molecule has 1 aliphatic heterocycles. The van der Waals surface area contributed by atoms with E-state index < -0.39 is 5.97 Å². The molecule has 176 valence electrons. The van der Waals surface area contributed by atoms with Gasteiger partial charge < -0.3 is 9.47 Å². The molecular weight excluding hydrogens is 462 g/mol. The van der Waals surface area contributed by atoms with Gasteiger partial charge in [0.15, 0.2) is 6.61 Å². The first-order valence-electron chi connectivity index (χ1n) is 11.2. The van der Waals surface area contributed by atoms with E-state index in [4.69, 9.17) is 14.5 Å². The number of ether oxygens (including phenoxy) is 2. The number of hydrogen-bond acceptors (Lipinski definition) is 7. The number of amides is 1. The normalized spacial score (nSPS) is 12.7. The van der Waals surface area contributed by atoms with Gasteiger partial charge in [-0.2, -0.15) is 0 Å². The zero-order valence-corrected chi connectivity index (χ0v) is 20.0. The molecule has 2 aromatic heterocycles. The van der Waals surface area contributed by atoms with Crippen molar-refractivity contribution in [1.29, 1.82) is 0 Å². The third kappa shape index (κ3) is 5.07.